The van der Waals surface area contributed by atoms with Crippen LogP contribution in [0.4, 0.5) is 0 Å². The number of fused-ring (bicyclic) bond motifs is 7. The van der Waals surface area contributed by atoms with E-state index in [4.69, 9.17) is 42.6 Å². The van der Waals surface area contributed by atoms with Gasteiger partial charge < -0.3 is 42.6 Å². The van der Waals surface area contributed by atoms with Crippen molar-refractivity contribution in [3.8, 4) is 11.5 Å². The fourth-order valence-corrected chi connectivity index (χ4v) is 11.3. The lowest BCUT2D eigenvalue weighted by Gasteiger charge is -2.26. The standard InChI is InChI=1S/C22H28O3.C11H20O.C9H16O.C8H12O.C7H14O2.C4H8O/c1-4-5-14-23-19-10-6-17(7-11-19)22(2,3)18-8-12-20(13-9-18)24-15-21-16-25-21;1-4-8(2)9-5-6-11(3)10(7-9)12-11;1-2-3-7-4-5-8-9(6-7)10-8;1-4-2-5-3-6(4)8-7(5)9-8;1-2-3-4-8-5-7-6-9-7;1-2-4-3-5-4/h6-13,21H,4-5,14-16H2,1-3H3;8-10H,4-7H2,1-3H3;7-9H,2-6H2,1H3;4-8H,2-3H2,1H3;7H,2-6H2,1H3;4H,2-3H2,1H3. The third kappa shape index (κ3) is 17.4. The summed E-state index contributed by atoms with van der Waals surface area (Å²) in [5, 5.41) is 0. The van der Waals surface area contributed by atoms with E-state index in [1.165, 1.54) is 101 Å². The molecule has 4 saturated carbocycles. The predicted molar refractivity (Wildman–Crippen MR) is 281 cm³/mol. The molecule has 6 heterocycles. The highest BCUT2D eigenvalue weighted by Crippen LogP contribution is 2.58. The van der Waals surface area contributed by atoms with E-state index in [1.807, 2.05) is 12.1 Å². The lowest BCUT2D eigenvalue weighted by molar-refractivity contribution is 0.114. The highest BCUT2D eigenvalue weighted by Gasteiger charge is 2.62. The zero-order chi connectivity index (χ0) is 49.7. The average molecular weight is 975 g/mol. The molecule has 12 rings (SSSR count). The van der Waals surface area contributed by atoms with Crippen LogP contribution in [-0.2, 0) is 38.6 Å². The molecule has 6 aliphatic heterocycles. The minimum Gasteiger partial charge on any atom is -0.494 e. The second-order valence-electron chi connectivity index (χ2n) is 23.3. The first-order chi connectivity index (χ1) is 33.9. The van der Waals surface area contributed by atoms with Crippen molar-refractivity contribution in [2.75, 3.05) is 46.2 Å². The van der Waals surface area contributed by atoms with Gasteiger partial charge in [0.1, 0.15) is 30.3 Å². The Morgan fingerprint density at radius 1 is 0.671 bits per heavy atom. The second-order valence-corrected chi connectivity index (χ2v) is 23.3. The predicted octanol–water partition coefficient (Wildman–Crippen LogP) is 13.7. The number of benzene rings is 2. The highest BCUT2D eigenvalue weighted by molar-refractivity contribution is 5.42. The van der Waals surface area contributed by atoms with Crippen molar-refractivity contribution < 1.29 is 42.6 Å². The summed E-state index contributed by atoms with van der Waals surface area (Å²) in [4.78, 5) is 0. The average Bonchev–Trinajstić information content (AvgIpc) is 4.14. The molecular formula is C61H98O9. The Labute approximate surface area is 425 Å². The Bertz CT molecular complexity index is 1770. The van der Waals surface area contributed by atoms with Crippen LogP contribution in [0.15, 0.2) is 48.5 Å². The number of rotatable bonds is 19. The minimum absolute atomic E-state index is 0.0694. The number of hydrogen-bond acceptors (Lipinski definition) is 9. The lowest BCUT2D eigenvalue weighted by Crippen LogP contribution is -2.24. The maximum atomic E-state index is 5.76. The number of unbranched alkanes of at least 4 members (excludes halogenated alkanes) is 2. The summed E-state index contributed by atoms with van der Waals surface area (Å²) in [5.41, 5.74) is 2.78. The van der Waals surface area contributed by atoms with Crippen LogP contribution in [0.2, 0.25) is 0 Å². The molecule has 9 nitrogen and oxygen atoms in total. The largest absolute Gasteiger partial charge is 0.494 e. The second kappa shape index (κ2) is 26.8. The van der Waals surface area contributed by atoms with Crippen LogP contribution in [0.25, 0.3) is 0 Å². The van der Waals surface area contributed by atoms with Gasteiger partial charge in [-0.05, 0) is 148 Å². The van der Waals surface area contributed by atoms with Crippen LogP contribution in [-0.4, -0.2) is 101 Å². The zero-order valence-electron chi connectivity index (χ0n) is 45.6. The number of hydrogen-bond donors (Lipinski definition) is 0. The minimum atomic E-state index is -0.0694. The highest BCUT2D eigenvalue weighted by atomic mass is 16.6. The summed E-state index contributed by atoms with van der Waals surface area (Å²) in [5.74, 6) is 7.57. The van der Waals surface area contributed by atoms with Crippen molar-refractivity contribution in [1.29, 1.82) is 0 Å². The van der Waals surface area contributed by atoms with Crippen molar-refractivity contribution in [3.63, 3.8) is 0 Å². The molecule has 6 saturated heterocycles. The van der Waals surface area contributed by atoms with Crippen molar-refractivity contribution in [2.24, 2.45) is 35.5 Å². The van der Waals surface area contributed by atoms with E-state index in [0.29, 0.717) is 42.7 Å². The van der Waals surface area contributed by atoms with Crippen molar-refractivity contribution in [2.45, 2.75) is 232 Å². The van der Waals surface area contributed by atoms with Gasteiger partial charge in [-0.3, -0.25) is 0 Å². The third-order valence-corrected chi connectivity index (χ3v) is 17.2. The summed E-state index contributed by atoms with van der Waals surface area (Å²) >= 11 is 0. The van der Waals surface area contributed by atoms with Gasteiger partial charge in [0.05, 0.1) is 75.3 Å². The molecule has 0 N–H and O–H groups in total. The molecule has 15 atom stereocenters. The van der Waals surface area contributed by atoms with E-state index in [0.717, 1.165) is 112 Å². The van der Waals surface area contributed by atoms with Gasteiger partial charge in [0, 0.05) is 12.0 Å². The summed E-state index contributed by atoms with van der Waals surface area (Å²) in [7, 11) is 0. The molecule has 2 aromatic rings. The molecule has 0 radical (unpaired) electrons. The Balaban J connectivity index is 0.000000134. The molecule has 0 spiro atoms. The maximum absolute atomic E-state index is 5.76. The van der Waals surface area contributed by atoms with Gasteiger partial charge in [0.2, 0.25) is 0 Å². The van der Waals surface area contributed by atoms with Crippen molar-refractivity contribution in [1.82, 2.24) is 0 Å². The molecule has 4 aliphatic carbocycles. The van der Waals surface area contributed by atoms with Crippen LogP contribution >= 0.6 is 0 Å². The fraction of sp³-hybridized carbons (Fsp3) is 0.803. The normalized spacial score (nSPS) is 34.9. The smallest absolute Gasteiger partial charge is 0.119 e. The molecule has 9 heteroatoms. The first-order valence-electron chi connectivity index (χ1n) is 28.8. The molecule has 70 heavy (non-hydrogen) atoms. The van der Waals surface area contributed by atoms with E-state index in [1.54, 1.807) is 0 Å². The molecule has 2 aromatic carbocycles. The van der Waals surface area contributed by atoms with Crippen LogP contribution < -0.4 is 9.47 Å². The van der Waals surface area contributed by atoms with Crippen molar-refractivity contribution >= 4 is 0 Å². The zero-order valence-corrected chi connectivity index (χ0v) is 45.6. The SMILES string of the molecule is CC1CC2CC1C1OC21.CCC(C)C1CCC2(C)OC2C1.CCC1CO1.CCCC1CCC2OC2C1.CCCCOCC1CO1.CCCCOc1ccc(C(C)(C)c2ccc(OCC3CO3)cc2)cc1. The molecule has 15 unspecified atom stereocenters. The molecule has 0 amide bonds. The Morgan fingerprint density at radius 3 is 1.81 bits per heavy atom. The van der Waals surface area contributed by atoms with Gasteiger partial charge in [0.25, 0.3) is 0 Å². The van der Waals surface area contributed by atoms with Gasteiger partial charge >= 0.3 is 0 Å². The van der Waals surface area contributed by atoms with Crippen LogP contribution in [0.1, 0.15) is 183 Å². The molecule has 10 aliphatic rings. The monoisotopic (exact) mass is 975 g/mol. The van der Waals surface area contributed by atoms with Gasteiger partial charge in [-0.1, -0.05) is 119 Å². The van der Waals surface area contributed by atoms with E-state index < -0.39 is 0 Å². The number of epoxide rings is 6. The Morgan fingerprint density at radius 2 is 1.30 bits per heavy atom. The van der Waals surface area contributed by atoms with Crippen LogP contribution in [0, 0.1) is 35.5 Å². The molecule has 10 fully saturated rings. The molecule has 2 bridgehead atoms. The van der Waals surface area contributed by atoms with E-state index >= 15 is 0 Å². The van der Waals surface area contributed by atoms with Crippen molar-refractivity contribution in [3.05, 3.63) is 59.7 Å². The summed E-state index contributed by atoms with van der Waals surface area (Å²) in [6.07, 6.45) is 25.8. The number of ether oxygens (including phenoxy) is 9. The van der Waals surface area contributed by atoms with E-state index in [-0.39, 0.29) is 11.5 Å². The summed E-state index contributed by atoms with van der Waals surface area (Å²) in [6, 6.07) is 16.8. The summed E-state index contributed by atoms with van der Waals surface area (Å²) in [6.45, 7) is 28.4. The van der Waals surface area contributed by atoms with Crippen LogP contribution in [0.3, 0.4) is 0 Å². The molecule has 0 aromatic heterocycles. The quantitative estimate of drug-likeness (QED) is 0.101. The Kier molecular flexibility index (Phi) is 21.3. The first kappa shape index (κ1) is 55.5. The lowest BCUT2D eigenvalue weighted by atomic mass is 9.76. The maximum Gasteiger partial charge on any atom is 0.119 e. The molecule has 396 valence electrons. The Hall–Kier alpha value is -2.24. The molecular weight excluding hydrogens is 877 g/mol. The topological polar surface area (TPSA) is 103 Å². The van der Waals surface area contributed by atoms with Gasteiger partial charge in [-0.25, -0.2) is 0 Å². The van der Waals surface area contributed by atoms with E-state index in [9.17, 15) is 0 Å². The summed E-state index contributed by atoms with van der Waals surface area (Å²) < 4.78 is 48.4. The van der Waals surface area contributed by atoms with Gasteiger partial charge in [-0.2, -0.15) is 0 Å². The third-order valence-electron chi connectivity index (χ3n) is 17.2. The fourth-order valence-electron chi connectivity index (χ4n) is 11.3. The first-order valence-corrected chi connectivity index (χ1v) is 28.8. The van der Waals surface area contributed by atoms with Gasteiger partial charge in [0.15, 0.2) is 0 Å². The van der Waals surface area contributed by atoms with Gasteiger partial charge in [-0.15, -0.1) is 0 Å². The van der Waals surface area contributed by atoms with E-state index in [2.05, 4.69) is 106 Å². The van der Waals surface area contributed by atoms with Crippen LogP contribution in [0.5, 0.6) is 11.5 Å².